The van der Waals surface area contributed by atoms with Crippen LogP contribution in [0.15, 0.2) is 0 Å². The van der Waals surface area contributed by atoms with Crippen molar-refractivity contribution in [2.75, 3.05) is 5.75 Å². The lowest BCUT2D eigenvalue weighted by Gasteiger charge is -2.37. The highest BCUT2D eigenvalue weighted by molar-refractivity contribution is 8.00. The summed E-state index contributed by atoms with van der Waals surface area (Å²) >= 11 is 2.18. The van der Waals surface area contributed by atoms with Crippen molar-refractivity contribution < 1.29 is 0 Å². The van der Waals surface area contributed by atoms with E-state index in [1.165, 1.54) is 44.3 Å². The zero-order valence-electron chi connectivity index (χ0n) is 9.51. The first-order valence-electron chi connectivity index (χ1n) is 6.16. The Kier molecular flexibility index (Phi) is 3.43. The van der Waals surface area contributed by atoms with E-state index in [-0.39, 0.29) is 0 Å². The molecule has 14 heavy (non-hydrogen) atoms. The van der Waals surface area contributed by atoms with Crippen molar-refractivity contribution in [1.29, 1.82) is 0 Å². The molecule has 82 valence electrons. The maximum atomic E-state index is 3.79. The number of rotatable bonds is 2. The predicted molar refractivity (Wildman–Crippen MR) is 64.7 cm³/mol. The number of hydrogen-bond donors (Lipinski definition) is 1. The van der Waals surface area contributed by atoms with Gasteiger partial charge in [0, 0.05) is 11.8 Å². The van der Waals surface area contributed by atoms with E-state index in [1.807, 2.05) is 0 Å². The summed E-state index contributed by atoms with van der Waals surface area (Å²) in [6.45, 7) is 4.63. The fourth-order valence-electron chi connectivity index (χ4n) is 2.95. The van der Waals surface area contributed by atoms with Gasteiger partial charge in [-0.05, 0) is 38.5 Å². The first-order chi connectivity index (χ1) is 6.74. The number of thioether (sulfide) groups is 1. The molecule has 1 atom stereocenters. The second kappa shape index (κ2) is 4.44. The Labute approximate surface area is 92.4 Å². The fourth-order valence-corrected chi connectivity index (χ4v) is 4.41. The molecule has 1 unspecified atom stereocenters. The van der Waals surface area contributed by atoms with E-state index >= 15 is 0 Å². The normalized spacial score (nSPS) is 43.3. The minimum Gasteiger partial charge on any atom is -0.299 e. The van der Waals surface area contributed by atoms with Crippen molar-refractivity contribution >= 4 is 11.8 Å². The molecule has 1 saturated heterocycles. The molecule has 0 aromatic carbocycles. The summed E-state index contributed by atoms with van der Waals surface area (Å²) in [7, 11) is 0. The summed E-state index contributed by atoms with van der Waals surface area (Å²) in [5.41, 5.74) is 0. The zero-order valence-corrected chi connectivity index (χ0v) is 10.3. The van der Waals surface area contributed by atoms with Crippen LogP contribution in [0.4, 0.5) is 0 Å². The summed E-state index contributed by atoms with van der Waals surface area (Å²) in [6, 6.07) is 0.739. The average molecular weight is 213 g/mol. The van der Waals surface area contributed by atoms with Crippen LogP contribution >= 0.6 is 11.8 Å². The van der Waals surface area contributed by atoms with Gasteiger partial charge >= 0.3 is 0 Å². The summed E-state index contributed by atoms with van der Waals surface area (Å²) in [5, 5.41) is 3.79. The van der Waals surface area contributed by atoms with E-state index in [1.54, 1.807) is 0 Å². The summed E-state index contributed by atoms with van der Waals surface area (Å²) in [6.07, 6.45) is 8.56. The highest BCUT2D eigenvalue weighted by Gasteiger charge is 2.40. The molecule has 0 aromatic heterocycles. The lowest BCUT2D eigenvalue weighted by atomic mass is 9.83. The maximum absolute atomic E-state index is 3.79. The molecule has 0 bridgehead atoms. The Morgan fingerprint density at radius 2 is 2.07 bits per heavy atom. The lowest BCUT2D eigenvalue weighted by Crippen LogP contribution is -2.43. The Bertz CT molecular complexity index is 185. The van der Waals surface area contributed by atoms with Gasteiger partial charge < -0.3 is 0 Å². The molecule has 2 aliphatic rings. The van der Waals surface area contributed by atoms with E-state index in [0.29, 0.717) is 4.87 Å². The van der Waals surface area contributed by atoms with Gasteiger partial charge in [-0.2, -0.15) is 0 Å². The largest absolute Gasteiger partial charge is 0.299 e. The Balaban J connectivity index is 1.83. The third-order valence-corrected chi connectivity index (χ3v) is 5.47. The van der Waals surface area contributed by atoms with Crippen LogP contribution in [0.5, 0.6) is 0 Å². The first-order valence-corrected chi connectivity index (χ1v) is 7.14. The lowest BCUT2D eigenvalue weighted by molar-refractivity contribution is 0.255. The highest BCUT2D eigenvalue weighted by atomic mass is 32.2. The molecule has 1 spiro atoms. The molecule has 0 amide bonds. The molecule has 2 fully saturated rings. The SMILES string of the molecule is CCCC1CCC2(CC1)NC(C)CS2. The summed E-state index contributed by atoms with van der Waals surface area (Å²) < 4.78 is 0. The fraction of sp³-hybridized carbons (Fsp3) is 1.00. The molecule has 0 aromatic rings. The molecule has 2 rings (SSSR count). The summed E-state index contributed by atoms with van der Waals surface area (Å²) in [4.78, 5) is 0.490. The number of hydrogen-bond acceptors (Lipinski definition) is 2. The van der Waals surface area contributed by atoms with Gasteiger partial charge in [0.1, 0.15) is 0 Å². The van der Waals surface area contributed by atoms with Gasteiger partial charge in [0.2, 0.25) is 0 Å². The van der Waals surface area contributed by atoms with Crippen molar-refractivity contribution in [3.05, 3.63) is 0 Å². The van der Waals surface area contributed by atoms with Crippen LogP contribution in [0.1, 0.15) is 52.4 Å². The van der Waals surface area contributed by atoms with Gasteiger partial charge in [-0.15, -0.1) is 11.8 Å². The Morgan fingerprint density at radius 3 is 2.57 bits per heavy atom. The van der Waals surface area contributed by atoms with Gasteiger partial charge in [-0.25, -0.2) is 0 Å². The van der Waals surface area contributed by atoms with Crippen LogP contribution in [0.3, 0.4) is 0 Å². The first kappa shape index (κ1) is 10.8. The van der Waals surface area contributed by atoms with Crippen molar-refractivity contribution in [3.8, 4) is 0 Å². The smallest absolute Gasteiger partial charge is 0.0648 e. The van der Waals surface area contributed by atoms with Crippen LogP contribution in [0.25, 0.3) is 0 Å². The number of nitrogens with one attached hydrogen (secondary N) is 1. The van der Waals surface area contributed by atoms with E-state index in [0.717, 1.165) is 12.0 Å². The van der Waals surface area contributed by atoms with Gasteiger partial charge in [0.05, 0.1) is 4.87 Å². The maximum Gasteiger partial charge on any atom is 0.0648 e. The van der Waals surface area contributed by atoms with E-state index in [9.17, 15) is 0 Å². The van der Waals surface area contributed by atoms with Crippen molar-refractivity contribution in [3.63, 3.8) is 0 Å². The van der Waals surface area contributed by atoms with Crippen LogP contribution in [-0.4, -0.2) is 16.7 Å². The van der Waals surface area contributed by atoms with Gasteiger partial charge in [-0.1, -0.05) is 19.8 Å². The molecule has 1 saturated carbocycles. The van der Waals surface area contributed by atoms with Gasteiger partial charge in [0.15, 0.2) is 0 Å². The summed E-state index contributed by atoms with van der Waals surface area (Å²) in [5.74, 6) is 2.35. The molecule has 1 N–H and O–H groups in total. The molecular formula is C12H23NS. The standard InChI is InChI=1S/C12H23NS/c1-3-4-11-5-7-12(8-6-11)13-10(2)9-14-12/h10-11,13H,3-9H2,1-2H3. The van der Waals surface area contributed by atoms with Crippen molar-refractivity contribution in [2.24, 2.45) is 5.92 Å². The second-order valence-corrected chi connectivity index (χ2v) is 6.49. The predicted octanol–water partition coefficient (Wildman–Crippen LogP) is 3.40. The molecule has 1 nitrogen and oxygen atoms in total. The molecule has 1 aliphatic carbocycles. The van der Waals surface area contributed by atoms with Crippen LogP contribution in [0, 0.1) is 5.92 Å². The van der Waals surface area contributed by atoms with Gasteiger partial charge in [-0.3, -0.25) is 5.32 Å². The monoisotopic (exact) mass is 213 g/mol. The average Bonchev–Trinajstić information content (AvgIpc) is 2.53. The van der Waals surface area contributed by atoms with E-state index in [2.05, 4.69) is 30.9 Å². The minimum atomic E-state index is 0.490. The zero-order chi connectivity index (χ0) is 10.0. The molecule has 2 heteroatoms. The van der Waals surface area contributed by atoms with Crippen molar-refractivity contribution in [1.82, 2.24) is 5.32 Å². The quantitative estimate of drug-likeness (QED) is 0.754. The molecule has 1 aliphatic heterocycles. The van der Waals surface area contributed by atoms with Crippen molar-refractivity contribution in [2.45, 2.75) is 63.3 Å². The topological polar surface area (TPSA) is 12.0 Å². The van der Waals surface area contributed by atoms with E-state index in [4.69, 9.17) is 0 Å². The Morgan fingerprint density at radius 1 is 1.36 bits per heavy atom. The minimum absolute atomic E-state index is 0.490. The second-order valence-electron chi connectivity index (χ2n) is 5.08. The van der Waals surface area contributed by atoms with Gasteiger partial charge in [0.25, 0.3) is 0 Å². The third kappa shape index (κ3) is 2.27. The van der Waals surface area contributed by atoms with Crippen LogP contribution in [-0.2, 0) is 0 Å². The molecule has 1 heterocycles. The van der Waals surface area contributed by atoms with Crippen LogP contribution in [0.2, 0.25) is 0 Å². The molecule has 0 radical (unpaired) electrons. The molecular weight excluding hydrogens is 190 g/mol. The third-order valence-electron chi connectivity index (χ3n) is 3.73. The highest BCUT2D eigenvalue weighted by Crippen LogP contribution is 2.44. The Hall–Kier alpha value is 0.310. The van der Waals surface area contributed by atoms with Crippen LogP contribution < -0.4 is 5.32 Å². The van der Waals surface area contributed by atoms with E-state index < -0.39 is 0 Å².